The van der Waals surface area contributed by atoms with E-state index in [-0.39, 0.29) is 0 Å². The van der Waals surface area contributed by atoms with Gasteiger partial charge in [0.2, 0.25) is 0 Å². The topological polar surface area (TPSA) is 105 Å². The van der Waals surface area contributed by atoms with Gasteiger partial charge in [-0.05, 0) is 37.2 Å². The Kier molecular flexibility index (Phi) is 4.68. The summed E-state index contributed by atoms with van der Waals surface area (Å²) in [6.07, 6.45) is 0.934. The lowest BCUT2D eigenvalue weighted by Crippen LogP contribution is -2.39. The minimum atomic E-state index is -0.580. The van der Waals surface area contributed by atoms with Crippen LogP contribution in [-0.2, 0) is 17.7 Å². The molecule has 1 aromatic heterocycles. The Balaban J connectivity index is 1.70. The highest BCUT2D eigenvalue weighted by Crippen LogP contribution is 2.28. The van der Waals surface area contributed by atoms with Crippen LogP contribution >= 0.6 is 0 Å². The summed E-state index contributed by atoms with van der Waals surface area (Å²) in [6, 6.07) is 6.81. The van der Waals surface area contributed by atoms with Gasteiger partial charge in [-0.3, -0.25) is 0 Å². The van der Waals surface area contributed by atoms with Crippen molar-refractivity contribution in [3.05, 3.63) is 35.5 Å². The Bertz CT molecular complexity index is 802. The van der Waals surface area contributed by atoms with Crippen LogP contribution in [0.2, 0.25) is 0 Å². The van der Waals surface area contributed by atoms with Gasteiger partial charge in [0.05, 0.1) is 18.9 Å². The number of rotatable bonds is 3. The molecule has 3 heterocycles. The quantitative estimate of drug-likeness (QED) is 0.763. The predicted molar refractivity (Wildman–Crippen MR) is 99.1 cm³/mol. The first-order chi connectivity index (χ1) is 12.7. The summed E-state index contributed by atoms with van der Waals surface area (Å²) in [5, 5.41) is 5.95. The van der Waals surface area contributed by atoms with Crippen molar-refractivity contribution in [3.8, 4) is 11.4 Å². The summed E-state index contributed by atoms with van der Waals surface area (Å²) < 4.78 is 5.48. The van der Waals surface area contributed by atoms with Gasteiger partial charge in [0.15, 0.2) is 5.82 Å². The first kappa shape index (κ1) is 16.7. The number of nitrogens with one attached hydrogen (secondary N) is 2. The maximum absolute atomic E-state index is 11.0. The van der Waals surface area contributed by atoms with Crippen molar-refractivity contribution >= 4 is 17.5 Å². The molecule has 0 aliphatic carbocycles. The molecule has 2 aromatic rings. The third kappa shape index (κ3) is 3.47. The molecular formula is C18H22N6O2. The van der Waals surface area contributed by atoms with Gasteiger partial charge in [-0.2, -0.15) is 0 Å². The van der Waals surface area contributed by atoms with Gasteiger partial charge in [0.1, 0.15) is 5.82 Å². The lowest BCUT2D eigenvalue weighted by molar-refractivity contribution is 0.122. The molecule has 1 fully saturated rings. The van der Waals surface area contributed by atoms with Gasteiger partial charge in [-0.25, -0.2) is 14.8 Å². The average Bonchev–Trinajstić information content (AvgIpc) is 2.68. The summed E-state index contributed by atoms with van der Waals surface area (Å²) in [4.78, 5) is 22.9. The molecule has 0 radical (unpaired) electrons. The molecule has 1 aromatic carbocycles. The number of hydrogen-bond acceptors (Lipinski definition) is 6. The zero-order valence-electron chi connectivity index (χ0n) is 14.5. The number of hydrogen-bond donors (Lipinski definition) is 3. The minimum absolute atomic E-state index is 0.580. The van der Waals surface area contributed by atoms with E-state index in [0.717, 1.165) is 62.9 Å². The number of ether oxygens (including phenoxy) is 1. The number of morpholine rings is 1. The van der Waals surface area contributed by atoms with Crippen molar-refractivity contribution in [2.24, 2.45) is 5.73 Å². The second-order valence-electron chi connectivity index (χ2n) is 6.39. The summed E-state index contributed by atoms with van der Waals surface area (Å²) in [5.41, 5.74) is 9.00. The molecule has 2 aliphatic rings. The van der Waals surface area contributed by atoms with E-state index < -0.39 is 6.03 Å². The van der Waals surface area contributed by atoms with Crippen LogP contribution in [0, 0.1) is 0 Å². The van der Waals surface area contributed by atoms with E-state index in [0.29, 0.717) is 11.5 Å². The molecule has 8 heteroatoms. The van der Waals surface area contributed by atoms with Gasteiger partial charge in [-0.1, -0.05) is 0 Å². The molecular weight excluding hydrogens is 332 g/mol. The lowest BCUT2D eigenvalue weighted by Gasteiger charge is -2.31. The summed E-state index contributed by atoms with van der Waals surface area (Å²) in [7, 11) is 0. The van der Waals surface area contributed by atoms with E-state index in [4.69, 9.17) is 20.4 Å². The fraction of sp³-hybridized carbons (Fsp3) is 0.389. The number of carbonyl (C=O) groups excluding carboxylic acids is 1. The van der Waals surface area contributed by atoms with Crippen LogP contribution in [0.15, 0.2) is 24.3 Å². The fourth-order valence-electron chi connectivity index (χ4n) is 3.35. The Morgan fingerprint density at radius 2 is 1.96 bits per heavy atom. The highest BCUT2D eigenvalue weighted by atomic mass is 16.5. The third-order valence-electron chi connectivity index (χ3n) is 4.64. The molecule has 0 spiro atoms. The van der Waals surface area contributed by atoms with Gasteiger partial charge in [-0.15, -0.1) is 0 Å². The first-order valence-corrected chi connectivity index (χ1v) is 8.81. The van der Waals surface area contributed by atoms with Crippen LogP contribution in [0.5, 0.6) is 0 Å². The van der Waals surface area contributed by atoms with Crippen molar-refractivity contribution in [3.63, 3.8) is 0 Å². The Labute approximate surface area is 151 Å². The van der Waals surface area contributed by atoms with E-state index in [9.17, 15) is 4.79 Å². The van der Waals surface area contributed by atoms with Gasteiger partial charge < -0.3 is 26.0 Å². The number of nitrogens with two attached hydrogens (primary N) is 1. The van der Waals surface area contributed by atoms with E-state index in [1.165, 1.54) is 5.56 Å². The number of amides is 2. The standard InChI is InChI=1S/C18H22N6O2/c19-18(25)21-13-3-1-12(2-4-13)16-22-15-11-20-6-5-14(15)17(23-16)24-7-9-26-10-8-24/h1-4,20H,5-11H2,(H3,19,21,25). The number of benzene rings is 1. The lowest BCUT2D eigenvalue weighted by atomic mass is 10.1. The molecule has 4 rings (SSSR count). The van der Waals surface area contributed by atoms with Crippen molar-refractivity contribution in [1.29, 1.82) is 0 Å². The third-order valence-corrected chi connectivity index (χ3v) is 4.64. The van der Waals surface area contributed by atoms with E-state index in [2.05, 4.69) is 15.5 Å². The molecule has 0 unspecified atom stereocenters. The fourth-order valence-corrected chi connectivity index (χ4v) is 3.35. The molecule has 0 atom stereocenters. The Morgan fingerprint density at radius 3 is 2.69 bits per heavy atom. The smallest absolute Gasteiger partial charge is 0.316 e. The Hall–Kier alpha value is -2.71. The number of aromatic nitrogens is 2. The van der Waals surface area contributed by atoms with Crippen LogP contribution in [0.25, 0.3) is 11.4 Å². The maximum atomic E-state index is 11.0. The molecule has 0 bridgehead atoms. The van der Waals surface area contributed by atoms with Crippen LogP contribution in [0.1, 0.15) is 11.3 Å². The molecule has 0 saturated carbocycles. The predicted octanol–water partition coefficient (Wildman–Crippen LogP) is 1.12. The number of fused-ring (bicyclic) bond motifs is 1. The minimum Gasteiger partial charge on any atom is -0.378 e. The normalized spacial score (nSPS) is 16.8. The van der Waals surface area contributed by atoms with E-state index >= 15 is 0 Å². The molecule has 26 heavy (non-hydrogen) atoms. The second-order valence-corrected chi connectivity index (χ2v) is 6.39. The largest absolute Gasteiger partial charge is 0.378 e. The number of anilines is 2. The highest BCUT2D eigenvalue weighted by Gasteiger charge is 2.23. The average molecular weight is 354 g/mol. The second kappa shape index (κ2) is 7.27. The van der Waals surface area contributed by atoms with E-state index in [1.807, 2.05) is 12.1 Å². The zero-order chi connectivity index (χ0) is 17.9. The zero-order valence-corrected chi connectivity index (χ0v) is 14.5. The van der Waals surface area contributed by atoms with Crippen molar-refractivity contribution < 1.29 is 9.53 Å². The van der Waals surface area contributed by atoms with E-state index in [1.54, 1.807) is 12.1 Å². The molecule has 136 valence electrons. The molecule has 2 aliphatic heterocycles. The van der Waals surface area contributed by atoms with Crippen molar-refractivity contribution in [1.82, 2.24) is 15.3 Å². The van der Waals surface area contributed by atoms with Crippen molar-refractivity contribution in [2.45, 2.75) is 13.0 Å². The molecule has 1 saturated heterocycles. The van der Waals surface area contributed by atoms with Crippen molar-refractivity contribution in [2.75, 3.05) is 43.1 Å². The van der Waals surface area contributed by atoms with Gasteiger partial charge in [0.25, 0.3) is 0 Å². The molecule has 2 amide bonds. The van der Waals surface area contributed by atoms with Gasteiger partial charge >= 0.3 is 6.03 Å². The number of urea groups is 1. The summed E-state index contributed by atoms with van der Waals surface area (Å²) in [6.45, 7) is 4.83. The van der Waals surface area contributed by atoms with Crippen LogP contribution in [0.4, 0.5) is 16.3 Å². The monoisotopic (exact) mass is 354 g/mol. The maximum Gasteiger partial charge on any atom is 0.316 e. The molecule has 8 nitrogen and oxygen atoms in total. The number of primary amides is 1. The number of carbonyl (C=O) groups is 1. The Morgan fingerprint density at radius 1 is 1.19 bits per heavy atom. The van der Waals surface area contributed by atoms with Crippen LogP contribution in [-0.4, -0.2) is 48.8 Å². The van der Waals surface area contributed by atoms with Crippen LogP contribution < -0.4 is 21.3 Å². The summed E-state index contributed by atoms with van der Waals surface area (Å²) in [5.74, 6) is 1.72. The molecule has 4 N–H and O–H groups in total. The number of nitrogens with zero attached hydrogens (tertiary/aromatic N) is 3. The first-order valence-electron chi connectivity index (χ1n) is 8.81. The van der Waals surface area contributed by atoms with Crippen LogP contribution in [0.3, 0.4) is 0 Å². The van der Waals surface area contributed by atoms with Gasteiger partial charge in [0, 0.05) is 36.4 Å². The SMILES string of the molecule is NC(=O)Nc1ccc(-c2nc3c(c(N4CCOCC4)n2)CCNC3)cc1. The highest BCUT2D eigenvalue weighted by molar-refractivity contribution is 5.88. The summed E-state index contributed by atoms with van der Waals surface area (Å²) >= 11 is 0.